The monoisotopic (exact) mass is 338 g/mol. The summed E-state index contributed by atoms with van der Waals surface area (Å²) in [5.74, 6) is 6.37. The van der Waals surface area contributed by atoms with Crippen molar-refractivity contribution in [1.82, 2.24) is 4.90 Å². The largest absolute Gasteiger partial charge is 0.363 e. The number of anilines is 1. The summed E-state index contributed by atoms with van der Waals surface area (Å²) in [6.45, 7) is 2.66. The van der Waals surface area contributed by atoms with Gasteiger partial charge in [-0.15, -0.1) is 0 Å². The number of nitrogens with zero attached hydrogens (tertiary/aromatic N) is 2. The molecule has 4 heteroatoms. The van der Waals surface area contributed by atoms with E-state index in [1.165, 1.54) is 17.3 Å². The van der Waals surface area contributed by atoms with Crippen molar-refractivity contribution in [1.29, 1.82) is 0 Å². The Morgan fingerprint density at radius 2 is 1.71 bits per heavy atom. The van der Waals surface area contributed by atoms with Crippen LogP contribution in [0.2, 0.25) is 0 Å². The molecule has 2 rings (SSSR count). The molecule has 0 aliphatic heterocycles. The maximum Gasteiger partial charge on any atom is 0.286 e. The summed E-state index contributed by atoms with van der Waals surface area (Å²) in [4.78, 5) is 16.5. The maximum absolute atomic E-state index is 12.0. The quantitative estimate of drug-likeness (QED) is 0.617. The van der Waals surface area contributed by atoms with Crippen LogP contribution in [0, 0.1) is 18.8 Å². The minimum atomic E-state index is 0.0154. The molecule has 0 aliphatic rings. The second-order valence-electron chi connectivity index (χ2n) is 5.75. The molecule has 24 heavy (non-hydrogen) atoms. The Hall–Kier alpha value is -2.38. The Bertz CT molecular complexity index is 757. The summed E-state index contributed by atoms with van der Waals surface area (Å²) in [5.41, 5.74) is 3.25. The highest BCUT2D eigenvalue weighted by Gasteiger charge is 2.12. The van der Waals surface area contributed by atoms with E-state index in [1.54, 1.807) is 19.0 Å². The first-order valence-electron chi connectivity index (χ1n) is 7.72. The second-order valence-corrected chi connectivity index (χ2v) is 6.75. The molecule has 0 radical (unpaired) electrons. The molecule has 1 amide bonds. The van der Waals surface area contributed by atoms with Crippen LogP contribution >= 0.6 is 11.8 Å². The van der Waals surface area contributed by atoms with Crippen LogP contribution in [0.4, 0.5) is 10.5 Å². The molecule has 2 aromatic carbocycles. The van der Waals surface area contributed by atoms with Crippen LogP contribution in [0.1, 0.15) is 11.1 Å². The average molecular weight is 338 g/mol. The first-order valence-corrected chi connectivity index (χ1v) is 8.54. The van der Waals surface area contributed by atoms with Crippen molar-refractivity contribution >= 4 is 22.7 Å². The Balaban J connectivity index is 2.09. The molecule has 0 N–H and O–H groups in total. The normalized spacial score (nSPS) is 9.83. The fourth-order valence-corrected chi connectivity index (χ4v) is 2.87. The fourth-order valence-electron chi connectivity index (χ4n) is 2.03. The number of rotatable bonds is 3. The molecule has 0 aromatic heterocycles. The van der Waals surface area contributed by atoms with Crippen molar-refractivity contribution in [3.63, 3.8) is 0 Å². The summed E-state index contributed by atoms with van der Waals surface area (Å²) >= 11 is 1.24. The summed E-state index contributed by atoms with van der Waals surface area (Å²) in [6.07, 6.45) is 0. The van der Waals surface area contributed by atoms with E-state index >= 15 is 0 Å². The van der Waals surface area contributed by atoms with Crippen LogP contribution in [0.5, 0.6) is 0 Å². The molecule has 0 atom stereocenters. The molecular formula is C20H22N2OS. The lowest BCUT2D eigenvalue weighted by atomic mass is 10.1. The number of amides is 1. The van der Waals surface area contributed by atoms with Crippen LogP contribution in [-0.2, 0) is 0 Å². The standard InChI is InChI=1S/C20H22N2OS/c1-16-11-13-17(14-12-16)8-7-15-22(4)18-9-5-6-10-19(18)24-20(23)21(2)3/h5-6,9-14H,15H2,1-4H3. The second kappa shape index (κ2) is 8.47. The van der Waals surface area contributed by atoms with E-state index in [1.807, 2.05) is 43.4 Å². The molecule has 0 unspecified atom stereocenters. The van der Waals surface area contributed by atoms with E-state index in [0.717, 1.165) is 16.1 Å². The molecule has 0 saturated carbocycles. The van der Waals surface area contributed by atoms with Gasteiger partial charge in [0.2, 0.25) is 0 Å². The van der Waals surface area contributed by atoms with E-state index in [4.69, 9.17) is 0 Å². The van der Waals surface area contributed by atoms with E-state index in [-0.39, 0.29) is 5.24 Å². The first kappa shape index (κ1) is 18.0. The molecule has 0 saturated heterocycles. The van der Waals surface area contributed by atoms with Crippen LogP contribution in [0.25, 0.3) is 0 Å². The van der Waals surface area contributed by atoms with E-state index in [2.05, 4.69) is 35.8 Å². The van der Waals surface area contributed by atoms with Crippen molar-refractivity contribution in [3.8, 4) is 11.8 Å². The van der Waals surface area contributed by atoms with Gasteiger partial charge in [-0.2, -0.15) is 0 Å². The van der Waals surface area contributed by atoms with E-state index in [9.17, 15) is 4.79 Å². The molecule has 0 heterocycles. The van der Waals surface area contributed by atoms with E-state index in [0.29, 0.717) is 6.54 Å². The number of hydrogen-bond acceptors (Lipinski definition) is 3. The minimum absolute atomic E-state index is 0.0154. The van der Waals surface area contributed by atoms with Gasteiger partial charge in [0, 0.05) is 31.6 Å². The maximum atomic E-state index is 12.0. The molecule has 0 bridgehead atoms. The Kier molecular flexibility index (Phi) is 6.34. The number of thioether (sulfide) groups is 1. The zero-order valence-electron chi connectivity index (χ0n) is 14.5. The van der Waals surface area contributed by atoms with Crippen LogP contribution in [0.15, 0.2) is 53.4 Å². The topological polar surface area (TPSA) is 23.6 Å². The average Bonchev–Trinajstić information content (AvgIpc) is 2.57. The number of carbonyl (C=O) groups is 1. The molecule has 3 nitrogen and oxygen atoms in total. The van der Waals surface area contributed by atoms with Gasteiger partial charge in [0.25, 0.3) is 5.24 Å². The van der Waals surface area contributed by atoms with Gasteiger partial charge < -0.3 is 9.80 Å². The number of hydrogen-bond donors (Lipinski definition) is 0. The highest BCUT2D eigenvalue weighted by Crippen LogP contribution is 2.30. The van der Waals surface area contributed by atoms with Gasteiger partial charge in [-0.3, -0.25) is 4.79 Å². The van der Waals surface area contributed by atoms with Crippen molar-refractivity contribution in [2.45, 2.75) is 11.8 Å². The third-order valence-electron chi connectivity index (χ3n) is 3.44. The third-order valence-corrected chi connectivity index (χ3v) is 4.54. The van der Waals surface area contributed by atoms with Gasteiger partial charge in [0.05, 0.1) is 12.2 Å². The van der Waals surface area contributed by atoms with Crippen LogP contribution in [0.3, 0.4) is 0 Å². The third kappa shape index (κ3) is 5.07. The van der Waals surface area contributed by atoms with Crippen LogP contribution in [-0.4, -0.2) is 37.8 Å². The van der Waals surface area contributed by atoms with Crippen molar-refractivity contribution < 1.29 is 4.79 Å². The number of benzene rings is 2. The summed E-state index contributed by atoms with van der Waals surface area (Å²) in [5, 5.41) is 0.0154. The molecule has 124 valence electrons. The molecule has 0 aliphatic carbocycles. The molecule has 2 aromatic rings. The number of carbonyl (C=O) groups excluding carboxylic acids is 1. The predicted molar refractivity (Wildman–Crippen MR) is 103 cm³/mol. The van der Waals surface area contributed by atoms with Gasteiger partial charge in [0.1, 0.15) is 0 Å². The molecule has 0 spiro atoms. The first-order chi connectivity index (χ1) is 11.5. The van der Waals surface area contributed by atoms with Crippen molar-refractivity contribution in [2.75, 3.05) is 32.6 Å². The van der Waals surface area contributed by atoms with Gasteiger partial charge in [-0.25, -0.2) is 0 Å². The van der Waals surface area contributed by atoms with Crippen molar-refractivity contribution in [3.05, 3.63) is 59.7 Å². The lowest BCUT2D eigenvalue weighted by molar-refractivity contribution is 0.241. The highest BCUT2D eigenvalue weighted by molar-refractivity contribution is 8.13. The van der Waals surface area contributed by atoms with Crippen molar-refractivity contribution in [2.24, 2.45) is 0 Å². The summed E-state index contributed by atoms with van der Waals surface area (Å²) in [7, 11) is 5.51. The minimum Gasteiger partial charge on any atom is -0.363 e. The van der Waals surface area contributed by atoms with Gasteiger partial charge >= 0.3 is 0 Å². The number of aryl methyl sites for hydroxylation is 1. The Morgan fingerprint density at radius 3 is 2.38 bits per heavy atom. The van der Waals surface area contributed by atoms with Crippen LogP contribution < -0.4 is 4.90 Å². The van der Waals surface area contributed by atoms with Gasteiger partial charge in [-0.05, 0) is 43.0 Å². The fraction of sp³-hybridized carbons (Fsp3) is 0.250. The lowest BCUT2D eigenvalue weighted by Gasteiger charge is -2.20. The SMILES string of the molecule is Cc1ccc(C#CCN(C)c2ccccc2SC(=O)N(C)C)cc1. The zero-order chi connectivity index (χ0) is 17.5. The highest BCUT2D eigenvalue weighted by atomic mass is 32.2. The number of para-hydroxylation sites is 1. The molecule has 0 fully saturated rings. The van der Waals surface area contributed by atoms with Gasteiger partial charge in [0.15, 0.2) is 0 Å². The van der Waals surface area contributed by atoms with Gasteiger partial charge in [-0.1, -0.05) is 41.7 Å². The Morgan fingerprint density at radius 1 is 1.04 bits per heavy atom. The zero-order valence-corrected chi connectivity index (χ0v) is 15.4. The smallest absolute Gasteiger partial charge is 0.286 e. The lowest BCUT2D eigenvalue weighted by Crippen LogP contribution is -2.19. The van der Waals surface area contributed by atoms with E-state index < -0.39 is 0 Å². The summed E-state index contributed by atoms with van der Waals surface area (Å²) in [6, 6.07) is 16.1. The summed E-state index contributed by atoms with van der Waals surface area (Å²) < 4.78 is 0. The predicted octanol–water partition coefficient (Wildman–Crippen LogP) is 4.26. The molecular weight excluding hydrogens is 316 g/mol. The Labute approximate surface area is 148 Å².